The zero-order valence-electron chi connectivity index (χ0n) is 12.6. The molecule has 1 aliphatic heterocycles. The Balaban J connectivity index is 2.18. The number of nitrogens with one attached hydrogen (secondary N) is 1. The van der Waals surface area contributed by atoms with Crippen LogP contribution in [0.1, 0.15) is 26.6 Å². The number of hydrogen-bond donors (Lipinski definition) is 1. The highest BCUT2D eigenvalue weighted by Gasteiger charge is 2.19. The number of anilines is 2. The van der Waals surface area contributed by atoms with Crippen LogP contribution in [-0.2, 0) is 16.1 Å². The standard InChI is InChI=1S/C14H24N4O2/c1-4-15-12-8-14(17-13(16-12)10-19-5-2)18-6-7-20-11(3)9-18/h8,11H,4-7,9-10H2,1-3H3,(H,15,16,17). The molecule has 1 aromatic rings. The van der Waals surface area contributed by atoms with Crippen molar-refractivity contribution in [1.82, 2.24) is 9.97 Å². The molecule has 1 unspecified atom stereocenters. The average Bonchev–Trinajstić information content (AvgIpc) is 2.45. The summed E-state index contributed by atoms with van der Waals surface area (Å²) in [5.74, 6) is 2.52. The number of rotatable bonds is 6. The van der Waals surface area contributed by atoms with E-state index in [4.69, 9.17) is 9.47 Å². The van der Waals surface area contributed by atoms with Crippen molar-refractivity contribution in [3.63, 3.8) is 0 Å². The molecule has 1 fully saturated rings. The second-order valence-electron chi connectivity index (χ2n) is 4.82. The van der Waals surface area contributed by atoms with Gasteiger partial charge in [-0.15, -0.1) is 0 Å². The summed E-state index contributed by atoms with van der Waals surface area (Å²) in [6.45, 7) is 10.5. The molecule has 112 valence electrons. The first-order chi connectivity index (χ1) is 9.72. The highest BCUT2D eigenvalue weighted by atomic mass is 16.5. The van der Waals surface area contributed by atoms with Crippen LogP contribution >= 0.6 is 0 Å². The van der Waals surface area contributed by atoms with Crippen LogP contribution in [0.3, 0.4) is 0 Å². The van der Waals surface area contributed by atoms with Gasteiger partial charge in [0.05, 0.1) is 12.7 Å². The van der Waals surface area contributed by atoms with E-state index in [2.05, 4.69) is 34.0 Å². The molecule has 0 radical (unpaired) electrons. The maximum absolute atomic E-state index is 5.58. The molecular formula is C14H24N4O2. The first-order valence-electron chi connectivity index (χ1n) is 7.29. The number of nitrogens with zero attached hydrogens (tertiary/aromatic N) is 3. The van der Waals surface area contributed by atoms with Crippen molar-refractivity contribution in [2.24, 2.45) is 0 Å². The molecule has 0 bridgehead atoms. The van der Waals surface area contributed by atoms with Gasteiger partial charge in [-0.25, -0.2) is 9.97 Å². The summed E-state index contributed by atoms with van der Waals surface area (Å²) in [7, 11) is 0. The van der Waals surface area contributed by atoms with E-state index in [1.54, 1.807) is 0 Å². The summed E-state index contributed by atoms with van der Waals surface area (Å²) in [4.78, 5) is 11.3. The van der Waals surface area contributed by atoms with E-state index < -0.39 is 0 Å². The monoisotopic (exact) mass is 280 g/mol. The second kappa shape index (κ2) is 7.40. The van der Waals surface area contributed by atoms with E-state index in [1.165, 1.54) is 0 Å². The van der Waals surface area contributed by atoms with E-state index in [0.29, 0.717) is 13.2 Å². The van der Waals surface area contributed by atoms with Gasteiger partial charge in [0.1, 0.15) is 18.2 Å². The van der Waals surface area contributed by atoms with Crippen molar-refractivity contribution in [3.8, 4) is 0 Å². The topological polar surface area (TPSA) is 59.5 Å². The molecule has 1 atom stereocenters. The Bertz CT molecular complexity index is 428. The zero-order valence-corrected chi connectivity index (χ0v) is 12.6. The molecule has 0 spiro atoms. The first-order valence-corrected chi connectivity index (χ1v) is 7.29. The largest absolute Gasteiger partial charge is 0.375 e. The van der Waals surface area contributed by atoms with Crippen LogP contribution in [-0.4, -0.2) is 48.9 Å². The number of ether oxygens (including phenoxy) is 2. The molecular weight excluding hydrogens is 256 g/mol. The molecule has 0 saturated carbocycles. The Kier molecular flexibility index (Phi) is 5.55. The van der Waals surface area contributed by atoms with E-state index in [-0.39, 0.29) is 6.10 Å². The van der Waals surface area contributed by atoms with Crippen molar-refractivity contribution >= 4 is 11.6 Å². The molecule has 6 heteroatoms. The van der Waals surface area contributed by atoms with Gasteiger partial charge in [0.25, 0.3) is 0 Å². The molecule has 0 amide bonds. The maximum Gasteiger partial charge on any atom is 0.158 e. The maximum atomic E-state index is 5.58. The van der Waals surface area contributed by atoms with Gasteiger partial charge < -0.3 is 19.7 Å². The highest BCUT2D eigenvalue weighted by Crippen LogP contribution is 2.19. The van der Waals surface area contributed by atoms with Crippen LogP contribution in [0.15, 0.2) is 6.07 Å². The lowest BCUT2D eigenvalue weighted by molar-refractivity contribution is 0.0528. The van der Waals surface area contributed by atoms with Crippen LogP contribution < -0.4 is 10.2 Å². The first kappa shape index (κ1) is 15.0. The van der Waals surface area contributed by atoms with Gasteiger partial charge in [0, 0.05) is 32.3 Å². The van der Waals surface area contributed by atoms with Crippen LogP contribution in [0.25, 0.3) is 0 Å². The van der Waals surface area contributed by atoms with Gasteiger partial charge in [-0.3, -0.25) is 0 Å². The Labute approximate surface area is 120 Å². The predicted octanol–water partition coefficient (Wildman–Crippen LogP) is 1.67. The molecule has 1 aliphatic rings. The summed E-state index contributed by atoms with van der Waals surface area (Å²) >= 11 is 0. The van der Waals surface area contributed by atoms with Crippen molar-refractivity contribution < 1.29 is 9.47 Å². The lowest BCUT2D eigenvalue weighted by atomic mass is 10.3. The molecule has 2 heterocycles. The molecule has 1 N–H and O–H groups in total. The third-order valence-electron chi connectivity index (χ3n) is 3.12. The minimum Gasteiger partial charge on any atom is -0.375 e. The normalized spacial score (nSPS) is 19.1. The Morgan fingerprint density at radius 1 is 1.45 bits per heavy atom. The second-order valence-corrected chi connectivity index (χ2v) is 4.82. The van der Waals surface area contributed by atoms with Crippen molar-refractivity contribution in [2.75, 3.05) is 43.1 Å². The molecule has 1 saturated heterocycles. The quantitative estimate of drug-likeness (QED) is 0.855. The summed E-state index contributed by atoms with van der Waals surface area (Å²) < 4.78 is 11.0. The van der Waals surface area contributed by atoms with Gasteiger partial charge in [0.15, 0.2) is 5.82 Å². The molecule has 0 aromatic carbocycles. The minimum atomic E-state index is 0.233. The number of hydrogen-bond acceptors (Lipinski definition) is 6. The minimum absolute atomic E-state index is 0.233. The molecule has 6 nitrogen and oxygen atoms in total. The number of aromatic nitrogens is 2. The van der Waals surface area contributed by atoms with Gasteiger partial charge >= 0.3 is 0 Å². The van der Waals surface area contributed by atoms with Crippen LogP contribution in [0.2, 0.25) is 0 Å². The van der Waals surface area contributed by atoms with Crippen molar-refractivity contribution in [2.45, 2.75) is 33.5 Å². The van der Waals surface area contributed by atoms with E-state index in [0.717, 1.165) is 43.7 Å². The van der Waals surface area contributed by atoms with E-state index in [1.807, 2.05) is 13.0 Å². The Morgan fingerprint density at radius 3 is 3.00 bits per heavy atom. The summed E-state index contributed by atoms with van der Waals surface area (Å²) in [5, 5.41) is 3.25. The van der Waals surface area contributed by atoms with E-state index in [9.17, 15) is 0 Å². The lowest BCUT2D eigenvalue weighted by Crippen LogP contribution is -2.41. The SMILES string of the molecule is CCNc1cc(N2CCOC(C)C2)nc(COCC)n1. The summed E-state index contributed by atoms with van der Waals surface area (Å²) in [6.07, 6.45) is 0.233. The highest BCUT2D eigenvalue weighted by molar-refractivity contribution is 5.49. The zero-order chi connectivity index (χ0) is 14.4. The fourth-order valence-electron chi connectivity index (χ4n) is 2.20. The Hall–Kier alpha value is -1.40. The van der Waals surface area contributed by atoms with Crippen LogP contribution in [0.4, 0.5) is 11.6 Å². The third-order valence-corrected chi connectivity index (χ3v) is 3.12. The number of morpholine rings is 1. The molecule has 20 heavy (non-hydrogen) atoms. The molecule has 0 aliphatic carbocycles. The Morgan fingerprint density at radius 2 is 2.30 bits per heavy atom. The molecule has 1 aromatic heterocycles. The van der Waals surface area contributed by atoms with Gasteiger partial charge in [0.2, 0.25) is 0 Å². The van der Waals surface area contributed by atoms with E-state index >= 15 is 0 Å². The van der Waals surface area contributed by atoms with Gasteiger partial charge in [-0.05, 0) is 20.8 Å². The van der Waals surface area contributed by atoms with Crippen molar-refractivity contribution in [3.05, 3.63) is 11.9 Å². The third kappa shape index (κ3) is 4.05. The fourth-order valence-corrected chi connectivity index (χ4v) is 2.20. The fraction of sp³-hybridized carbons (Fsp3) is 0.714. The van der Waals surface area contributed by atoms with Crippen molar-refractivity contribution in [1.29, 1.82) is 0 Å². The summed E-state index contributed by atoms with van der Waals surface area (Å²) in [6, 6.07) is 2.00. The van der Waals surface area contributed by atoms with Crippen LogP contribution in [0, 0.1) is 0 Å². The summed E-state index contributed by atoms with van der Waals surface area (Å²) in [5.41, 5.74) is 0. The van der Waals surface area contributed by atoms with Crippen LogP contribution in [0.5, 0.6) is 0 Å². The lowest BCUT2D eigenvalue weighted by Gasteiger charge is -2.32. The van der Waals surface area contributed by atoms with Gasteiger partial charge in [-0.1, -0.05) is 0 Å². The van der Waals surface area contributed by atoms with Gasteiger partial charge in [-0.2, -0.15) is 0 Å². The average molecular weight is 280 g/mol. The predicted molar refractivity (Wildman–Crippen MR) is 79.2 cm³/mol. The smallest absolute Gasteiger partial charge is 0.158 e. The molecule has 2 rings (SSSR count).